The first-order valence-corrected chi connectivity index (χ1v) is 7.38. The number of hydrogen-bond acceptors (Lipinski definition) is 2. The van der Waals surface area contributed by atoms with Gasteiger partial charge in [0, 0.05) is 11.4 Å². The van der Waals surface area contributed by atoms with Crippen LogP contribution in [0.25, 0.3) is 0 Å². The monoisotopic (exact) mass is 300 g/mol. The van der Waals surface area contributed by atoms with Crippen LogP contribution in [0.4, 0.5) is 15.8 Å². The topological polar surface area (TPSA) is 41.1 Å². The molecule has 0 saturated heterocycles. The molecule has 0 heterocycles. The molecule has 0 aliphatic carbocycles. The highest BCUT2D eigenvalue weighted by molar-refractivity contribution is 5.96. The fourth-order valence-corrected chi connectivity index (χ4v) is 2.06. The summed E-state index contributed by atoms with van der Waals surface area (Å²) in [6.45, 7) is 6.02. The zero-order chi connectivity index (χ0) is 16.1. The number of hydrogen-bond donors (Lipinski definition) is 2. The molecular weight excluding hydrogens is 279 g/mol. The van der Waals surface area contributed by atoms with Crippen molar-refractivity contribution < 1.29 is 9.18 Å². The number of nitrogens with one attached hydrogen (secondary N) is 2. The van der Waals surface area contributed by atoms with Gasteiger partial charge in [-0.3, -0.25) is 4.79 Å². The van der Waals surface area contributed by atoms with E-state index in [4.69, 9.17) is 0 Å². The van der Waals surface area contributed by atoms with Gasteiger partial charge >= 0.3 is 0 Å². The smallest absolute Gasteiger partial charge is 0.246 e. The molecular formula is C18H21FN2O. The molecule has 0 bridgehead atoms. The fraction of sp³-hybridized carbons (Fsp3) is 0.278. The lowest BCUT2D eigenvalue weighted by molar-refractivity contribution is -0.116. The molecule has 2 aromatic carbocycles. The Kier molecular flexibility index (Phi) is 5.15. The minimum Gasteiger partial charge on any atom is -0.374 e. The molecule has 1 amide bonds. The van der Waals surface area contributed by atoms with Crippen molar-refractivity contribution in [2.24, 2.45) is 0 Å². The summed E-state index contributed by atoms with van der Waals surface area (Å²) in [4.78, 5) is 12.2. The zero-order valence-corrected chi connectivity index (χ0v) is 13.1. The van der Waals surface area contributed by atoms with Gasteiger partial charge in [-0.25, -0.2) is 4.39 Å². The standard InChI is InChI=1S/C18H21FN2O/c1-12(2)14-4-8-17(9-5-14)21-18(22)13(3)20-16-10-6-15(19)7-11-16/h4-13,20H,1-3H3,(H,21,22)/t13-/m0/s1. The minimum atomic E-state index is -0.421. The van der Waals surface area contributed by atoms with E-state index in [1.807, 2.05) is 24.3 Å². The van der Waals surface area contributed by atoms with E-state index in [0.717, 1.165) is 5.69 Å². The molecule has 0 aliphatic rings. The first kappa shape index (κ1) is 16.0. The Morgan fingerprint density at radius 1 is 0.909 bits per heavy atom. The fourth-order valence-electron chi connectivity index (χ4n) is 2.06. The van der Waals surface area contributed by atoms with Crippen LogP contribution in [-0.4, -0.2) is 11.9 Å². The quantitative estimate of drug-likeness (QED) is 0.860. The molecule has 2 aromatic rings. The van der Waals surface area contributed by atoms with Crippen LogP contribution in [0, 0.1) is 5.82 Å². The molecule has 0 radical (unpaired) electrons. The second kappa shape index (κ2) is 7.07. The predicted molar refractivity (Wildman–Crippen MR) is 88.6 cm³/mol. The van der Waals surface area contributed by atoms with Gasteiger partial charge in [-0.05, 0) is 54.8 Å². The third kappa shape index (κ3) is 4.32. The summed E-state index contributed by atoms with van der Waals surface area (Å²) >= 11 is 0. The van der Waals surface area contributed by atoms with Crippen molar-refractivity contribution in [1.29, 1.82) is 0 Å². The van der Waals surface area contributed by atoms with Crippen molar-refractivity contribution in [3.63, 3.8) is 0 Å². The van der Waals surface area contributed by atoms with Gasteiger partial charge < -0.3 is 10.6 Å². The minimum absolute atomic E-state index is 0.137. The zero-order valence-electron chi connectivity index (χ0n) is 13.1. The largest absolute Gasteiger partial charge is 0.374 e. The Balaban J connectivity index is 1.94. The summed E-state index contributed by atoms with van der Waals surface area (Å²) < 4.78 is 12.9. The van der Waals surface area contributed by atoms with Gasteiger partial charge in [0.1, 0.15) is 11.9 Å². The molecule has 0 aliphatic heterocycles. The van der Waals surface area contributed by atoms with Crippen molar-refractivity contribution in [3.05, 3.63) is 59.9 Å². The Hall–Kier alpha value is -2.36. The number of halogens is 1. The molecule has 0 spiro atoms. The van der Waals surface area contributed by atoms with Crippen molar-refractivity contribution in [3.8, 4) is 0 Å². The van der Waals surface area contributed by atoms with Gasteiger partial charge in [0.2, 0.25) is 5.91 Å². The average Bonchev–Trinajstić information content (AvgIpc) is 2.50. The van der Waals surface area contributed by atoms with Gasteiger partial charge in [0.15, 0.2) is 0 Å². The maximum absolute atomic E-state index is 12.9. The summed E-state index contributed by atoms with van der Waals surface area (Å²) in [6.07, 6.45) is 0. The first-order valence-electron chi connectivity index (χ1n) is 7.38. The molecule has 1 atom stereocenters. The van der Waals surface area contributed by atoms with Crippen LogP contribution in [-0.2, 0) is 4.79 Å². The van der Waals surface area contributed by atoms with Crippen LogP contribution in [0.15, 0.2) is 48.5 Å². The van der Waals surface area contributed by atoms with E-state index in [9.17, 15) is 9.18 Å². The normalized spacial score (nSPS) is 12.0. The van der Waals surface area contributed by atoms with E-state index >= 15 is 0 Å². The molecule has 2 rings (SSSR count). The molecule has 4 heteroatoms. The van der Waals surface area contributed by atoms with Crippen molar-refractivity contribution >= 4 is 17.3 Å². The molecule has 3 nitrogen and oxygen atoms in total. The van der Waals surface area contributed by atoms with Crippen molar-refractivity contribution in [2.75, 3.05) is 10.6 Å². The third-order valence-electron chi connectivity index (χ3n) is 3.47. The molecule has 116 valence electrons. The van der Waals surface area contributed by atoms with Gasteiger partial charge in [0.05, 0.1) is 0 Å². The average molecular weight is 300 g/mol. The van der Waals surface area contributed by atoms with E-state index in [1.54, 1.807) is 19.1 Å². The lowest BCUT2D eigenvalue weighted by Crippen LogP contribution is -2.31. The first-order chi connectivity index (χ1) is 10.5. The lowest BCUT2D eigenvalue weighted by Gasteiger charge is -2.15. The summed E-state index contributed by atoms with van der Waals surface area (Å²) in [6, 6.07) is 13.3. The summed E-state index contributed by atoms with van der Waals surface area (Å²) in [7, 11) is 0. The van der Waals surface area contributed by atoms with Gasteiger partial charge in [-0.15, -0.1) is 0 Å². The summed E-state index contributed by atoms with van der Waals surface area (Å²) in [5.74, 6) is 0.0262. The predicted octanol–water partition coefficient (Wildman–Crippen LogP) is 4.39. The van der Waals surface area contributed by atoms with Crippen LogP contribution < -0.4 is 10.6 Å². The number of amides is 1. The van der Waals surface area contributed by atoms with Gasteiger partial charge in [-0.1, -0.05) is 26.0 Å². The highest BCUT2D eigenvalue weighted by atomic mass is 19.1. The number of carbonyl (C=O) groups excluding carboxylic acids is 1. The number of benzene rings is 2. The Bertz CT molecular complexity index is 621. The summed E-state index contributed by atoms with van der Waals surface area (Å²) in [5, 5.41) is 5.90. The molecule has 2 N–H and O–H groups in total. The van der Waals surface area contributed by atoms with Crippen LogP contribution in [0.5, 0.6) is 0 Å². The molecule has 0 saturated carbocycles. The van der Waals surface area contributed by atoms with Crippen LogP contribution in [0.3, 0.4) is 0 Å². The molecule has 22 heavy (non-hydrogen) atoms. The van der Waals surface area contributed by atoms with E-state index < -0.39 is 6.04 Å². The maximum Gasteiger partial charge on any atom is 0.246 e. The Morgan fingerprint density at radius 3 is 2.00 bits per heavy atom. The Labute approximate surface area is 130 Å². The van der Waals surface area contributed by atoms with Crippen LogP contribution in [0.1, 0.15) is 32.3 Å². The van der Waals surface area contributed by atoms with Crippen molar-refractivity contribution in [1.82, 2.24) is 0 Å². The SMILES string of the molecule is CC(C)c1ccc(NC(=O)[C@H](C)Nc2ccc(F)cc2)cc1. The van der Waals surface area contributed by atoms with E-state index in [-0.39, 0.29) is 11.7 Å². The van der Waals surface area contributed by atoms with Gasteiger partial charge in [-0.2, -0.15) is 0 Å². The van der Waals surface area contributed by atoms with E-state index in [1.165, 1.54) is 17.7 Å². The molecule has 0 unspecified atom stereocenters. The lowest BCUT2D eigenvalue weighted by atomic mass is 10.0. The third-order valence-corrected chi connectivity index (χ3v) is 3.47. The summed E-state index contributed by atoms with van der Waals surface area (Å²) in [5.41, 5.74) is 2.71. The van der Waals surface area contributed by atoms with Crippen LogP contribution >= 0.6 is 0 Å². The van der Waals surface area contributed by atoms with Crippen molar-refractivity contribution in [2.45, 2.75) is 32.7 Å². The van der Waals surface area contributed by atoms with Gasteiger partial charge in [0.25, 0.3) is 0 Å². The number of rotatable bonds is 5. The second-order valence-corrected chi connectivity index (χ2v) is 5.64. The highest BCUT2D eigenvalue weighted by Crippen LogP contribution is 2.17. The molecule has 0 aromatic heterocycles. The van der Waals surface area contributed by atoms with E-state index in [2.05, 4.69) is 24.5 Å². The number of carbonyl (C=O) groups is 1. The maximum atomic E-state index is 12.9. The molecule has 0 fully saturated rings. The van der Waals surface area contributed by atoms with E-state index in [0.29, 0.717) is 11.6 Å². The Morgan fingerprint density at radius 2 is 1.45 bits per heavy atom. The number of anilines is 2. The highest BCUT2D eigenvalue weighted by Gasteiger charge is 2.13. The van der Waals surface area contributed by atoms with Crippen LogP contribution in [0.2, 0.25) is 0 Å². The second-order valence-electron chi connectivity index (χ2n) is 5.64.